The highest BCUT2D eigenvalue weighted by Crippen LogP contribution is 2.32. The number of hydrogen-bond acceptors (Lipinski definition) is 4. The quantitative estimate of drug-likeness (QED) is 0.251. The Labute approximate surface area is 214 Å². The van der Waals surface area contributed by atoms with Gasteiger partial charge in [0, 0.05) is 12.8 Å². The molecule has 0 fully saturated rings. The van der Waals surface area contributed by atoms with Crippen LogP contribution in [0.2, 0.25) is 0 Å². The third kappa shape index (κ3) is 9.04. The van der Waals surface area contributed by atoms with E-state index in [1.165, 1.54) is 12.1 Å². The Balaban J connectivity index is 1.50. The number of hydrogen-bond donors (Lipinski definition) is 1. The number of carboxylic acid groups (broad SMARTS) is 1. The first-order valence-electron chi connectivity index (χ1n) is 12.2. The third-order valence-corrected chi connectivity index (χ3v) is 5.79. The summed E-state index contributed by atoms with van der Waals surface area (Å²) < 4.78 is 55.8. The Morgan fingerprint density at radius 3 is 2.05 bits per heavy atom. The van der Waals surface area contributed by atoms with Crippen molar-refractivity contribution in [1.82, 2.24) is 0 Å². The molecule has 37 heavy (non-hydrogen) atoms. The zero-order chi connectivity index (χ0) is 26.8. The van der Waals surface area contributed by atoms with Gasteiger partial charge in [-0.3, -0.25) is 4.79 Å². The van der Waals surface area contributed by atoms with Gasteiger partial charge in [-0.25, -0.2) is 0 Å². The molecule has 198 valence electrons. The van der Waals surface area contributed by atoms with E-state index in [2.05, 4.69) is 6.92 Å². The zero-order valence-corrected chi connectivity index (χ0v) is 20.9. The maximum atomic E-state index is 12.7. The Hall–Kier alpha value is -3.68. The smallest absolute Gasteiger partial charge is 0.416 e. The fourth-order valence-electron chi connectivity index (χ4n) is 3.80. The topological polar surface area (TPSA) is 65.0 Å². The molecule has 3 rings (SSSR count). The lowest BCUT2D eigenvalue weighted by Crippen LogP contribution is -2.19. The number of alkyl halides is 3. The summed E-state index contributed by atoms with van der Waals surface area (Å²) >= 11 is 0. The predicted octanol–water partition coefficient (Wildman–Crippen LogP) is 7.84. The van der Waals surface area contributed by atoms with Gasteiger partial charge in [-0.2, -0.15) is 13.2 Å². The van der Waals surface area contributed by atoms with Crippen LogP contribution >= 0.6 is 0 Å². The maximum Gasteiger partial charge on any atom is 0.416 e. The second-order valence-corrected chi connectivity index (χ2v) is 8.74. The van der Waals surface area contributed by atoms with Crippen molar-refractivity contribution in [2.45, 2.75) is 58.2 Å². The molecule has 1 atom stereocenters. The van der Waals surface area contributed by atoms with E-state index in [9.17, 15) is 18.0 Å². The van der Waals surface area contributed by atoms with Gasteiger partial charge in [0.2, 0.25) is 0 Å². The molecular weight excluding hydrogens is 485 g/mol. The minimum atomic E-state index is -4.38. The van der Waals surface area contributed by atoms with Gasteiger partial charge in [0.25, 0.3) is 0 Å². The Kier molecular flexibility index (Phi) is 9.83. The van der Waals surface area contributed by atoms with Crippen LogP contribution in [0.3, 0.4) is 0 Å². The van der Waals surface area contributed by atoms with Gasteiger partial charge in [0.15, 0.2) is 0 Å². The number of aryl methyl sites for hydroxylation is 2. The normalized spacial score (nSPS) is 12.1. The molecule has 0 aliphatic heterocycles. The van der Waals surface area contributed by atoms with Crippen LogP contribution in [0.4, 0.5) is 13.2 Å². The summed E-state index contributed by atoms with van der Waals surface area (Å²) in [6, 6.07) is 17.2. The molecule has 0 unspecified atom stereocenters. The Bertz CT molecular complexity index is 1140. The highest BCUT2D eigenvalue weighted by molar-refractivity contribution is 5.67. The second-order valence-electron chi connectivity index (χ2n) is 8.74. The van der Waals surface area contributed by atoms with Gasteiger partial charge in [-0.05, 0) is 91.6 Å². The molecule has 1 N–H and O–H groups in total. The summed E-state index contributed by atoms with van der Waals surface area (Å²) in [5, 5.41) is 8.87. The van der Waals surface area contributed by atoms with Crippen LogP contribution in [0.1, 0.15) is 49.3 Å². The standard InChI is InChI=1S/C29H31F3O5/c1-3-4-23(17-18-35-27-9-5-21(20(2)19-27)6-16-28(33)34)36-25-12-14-26(15-13-25)37-24-10-7-22(8-11-24)29(30,31)32/h5,7-15,19,23H,3-4,6,16-18H2,1-2H3,(H,33,34)/t23-/m1/s1. The van der Waals surface area contributed by atoms with E-state index in [0.717, 1.165) is 41.9 Å². The molecule has 3 aromatic rings. The molecule has 3 aromatic carbocycles. The summed E-state index contributed by atoms with van der Waals surface area (Å²) in [4.78, 5) is 10.8. The van der Waals surface area contributed by atoms with Gasteiger partial charge in [0.05, 0.1) is 12.2 Å². The fourth-order valence-corrected chi connectivity index (χ4v) is 3.80. The first-order valence-corrected chi connectivity index (χ1v) is 12.2. The van der Waals surface area contributed by atoms with Gasteiger partial charge in [0.1, 0.15) is 29.1 Å². The van der Waals surface area contributed by atoms with E-state index in [-0.39, 0.29) is 12.5 Å². The molecule has 5 nitrogen and oxygen atoms in total. The second kappa shape index (κ2) is 13.0. The van der Waals surface area contributed by atoms with Crippen molar-refractivity contribution in [3.8, 4) is 23.0 Å². The van der Waals surface area contributed by atoms with Crippen LogP contribution in [0.15, 0.2) is 66.7 Å². The van der Waals surface area contributed by atoms with Crippen molar-refractivity contribution in [2.24, 2.45) is 0 Å². The van der Waals surface area contributed by atoms with E-state index < -0.39 is 17.7 Å². The van der Waals surface area contributed by atoms with Crippen LogP contribution in [0.25, 0.3) is 0 Å². The van der Waals surface area contributed by atoms with Crippen molar-refractivity contribution in [1.29, 1.82) is 0 Å². The van der Waals surface area contributed by atoms with Crippen molar-refractivity contribution in [2.75, 3.05) is 6.61 Å². The molecular formula is C29H31F3O5. The molecule has 0 saturated carbocycles. The lowest BCUT2D eigenvalue weighted by molar-refractivity contribution is -0.138. The molecule has 8 heteroatoms. The monoisotopic (exact) mass is 516 g/mol. The van der Waals surface area contributed by atoms with Crippen LogP contribution in [0, 0.1) is 6.92 Å². The molecule has 0 radical (unpaired) electrons. The van der Waals surface area contributed by atoms with E-state index >= 15 is 0 Å². The highest BCUT2D eigenvalue weighted by Gasteiger charge is 2.30. The van der Waals surface area contributed by atoms with E-state index in [1.54, 1.807) is 24.3 Å². The minimum Gasteiger partial charge on any atom is -0.493 e. The SMILES string of the molecule is CCC[C@H](CCOc1ccc(CCC(=O)O)c(C)c1)Oc1ccc(Oc2ccc(C(F)(F)F)cc2)cc1. The maximum absolute atomic E-state index is 12.7. The van der Waals surface area contributed by atoms with Crippen LogP contribution < -0.4 is 14.2 Å². The first-order chi connectivity index (χ1) is 17.6. The number of rotatable bonds is 13. The van der Waals surface area contributed by atoms with Crippen LogP contribution in [-0.4, -0.2) is 23.8 Å². The summed E-state index contributed by atoms with van der Waals surface area (Å²) in [5.74, 6) is 1.38. The van der Waals surface area contributed by atoms with Crippen LogP contribution in [-0.2, 0) is 17.4 Å². The number of halogens is 3. The van der Waals surface area contributed by atoms with Gasteiger partial charge >= 0.3 is 12.1 Å². The van der Waals surface area contributed by atoms with E-state index in [1.807, 2.05) is 25.1 Å². The summed E-state index contributed by atoms with van der Waals surface area (Å²) in [6.45, 7) is 4.49. The number of ether oxygens (including phenoxy) is 3. The van der Waals surface area contributed by atoms with Gasteiger partial charge < -0.3 is 19.3 Å². The molecule has 0 aliphatic rings. The van der Waals surface area contributed by atoms with Crippen molar-refractivity contribution in [3.05, 3.63) is 83.4 Å². The molecule has 0 amide bonds. The Morgan fingerprint density at radius 2 is 1.49 bits per heavy atom. The first kappa shape index (κ1) is 27.9. The highest BCUT2D eigenvalue weighted by atomic mass is 19.4. The lowest BCUT2D eigenvalue weighted by Gasteiger charge is -2.19. The van der Waals surface area contributed by atoms with Crippen molar-refractivity contribution >= 4 is 5.97 Å². The fraction of sp³-hybridized carbons (Fsp3) is 0.345. The summed E-state index contributed by atoms with van der Waals surface area (Å²) in [5.41, 5.74) is 1.27. The number of carbonyl (C=O) groups is 1. The zero-order valence-electron chi connectivity index (χ0n) is 20.9. The molecule has 0 heterocycles. The third-order valence-electron chi connectivity index (χ3n) is 5.79. The molecule has 0 saturated heterocycles. The minimum absolute atomic E-state index is 0.0531. The van der Waals surface area contributed by atoms with E-state index in [4.69, 9.17) is 19.3 Å². The average molecular weight is 517 g/mol. The molecule has 0 bridgehead atoms. The van der Waals surface area contributed by atoms with Gasteiger partial charge in [-0.15, -0.1) is 0 Å². The number of benzene rings is 3. The summed E-state index contributed by atoms with van der Waals surface area (Å²) in [7, 11) is 0. The van der Waals surface area contributed by atoms with Crippen LogP contribution in [0.5, 0.6) is 23.0 Å². The van der Waals surface area contributed by atoms with E-state index in [0.29, 0.717) is 36.7 Å². The number of aliphatic carboxylic acids is 1. The predicted molar refractivity (Wildman–Crippen MR) is 135 cm³/mol. The molecule has 0 aliphatic carbocycles. The van der Waals surface area contributed by atoms with Crippen molar-refractivity contribution < 1.29 is 37.3 Å². The Morgan fingerprint density at radius 1 is 0.892 bits per heavy atom. The van der Waals surface area contributed by atoms with Crippen molar-refractivity contribution in [3.63, 3.8) is 0 Å². The largest absolute Gasteiger partial charge is 0.493 e. The van der Waals surface area contributed by atoms with Gasteiger partial charge in [-0.1, -0.05) is 19.4 Å². The average Bonchev–Trinajstić information content (AvgIpc) is 2.84. The molecule has 0 spiro atoms. The number of carboxylic acids is 1. The molecule has 0 aromatic heterocycles. The lowest BCUT2D eigenvalue weighted by atomic mass is 10.0. The summed E-state index contributed by atoms with van der Waals surface area (Å²) in [6.07, 6.45) is -1.39.